The normalized spacial score (nSPS) is 15.3. The topological polar surface area (TPSA) is 733 Å². The van der Waals surface area contributed by atoms with E-state index >= 15 is 0 Å². The summed E-state index contributed by atoms with van der Waals surface area (Å²) in [5, 5.41) is 132. The second-order valence-electron chi connectivity index (χ2n) is 27.7. The van der Waals surface area contributed by atoms with Gasteiger partial charge in [-0.25, -0.2) is 9.78 Å². The first-order chi connectivity index (χ1) is 54.5. The van der Waals surface area contributed by atoms with Gasteiger partial charge in [-0.05, 0) is 75.1 Å². The Morgan fingerprint density at radius 2 is 0.819 bits per heavy atom. The molecule has 0 saturated carbocycles. The molecular formula is C71H103N17O28. The van der Waals surface area contributed by atoms with Crippen LogP contribution in [0, 0.1) is 11.8 Å². The van der Waals surface area contributed by atoms with Crippen molar-refractivity contribution in [2.75, 3.05) is 26.4 Å². The number of nitrogens with zero attached hydrogens (tertiary/aromatic N) is 1. The zero-order valence-corrected chi connectivity index (χ0v) is 64.3. The number of nitrogens with one attached hydrogen (secondary N) is 15. The van der Waals surface area contributed by atoms with Crippen LogP contribution in [0.3, 0.4) is 0 Å². The number of hydrogen-bond acceptors (Lipinski definition) is 26. The van der Waals surface area contributed by atoms with E-state index < -0.39 is 281 Å². The maximum atomic E-state index is 14.2. The Bertz CT molecular complexity index is 3890. The molecule has 45 heteroatoms. The molecule has 0 spiro atoms. The number of imidazole rings is 1. The molecular weight excluding hydrogens is 1540 g/mol. The highest BCUT2D eigenvalue weighted by molar-refractivity contribution is 6.01. The average molecular weight is 1640 g/mol. The number of hydrogen-bond donors (Lipinski definition) is 26. The molecule has 0 aliphatic rings. The molecule has 3 rings (SSSR count). The van der Waals surface area contributed by atoms with Crippen LogP contribution in [0.4, 0.5) is 0 Å². The third kappa shape index (κ3) is 34.2. The zero-order valence-electron chi connectivity index (χ0n) is 64.3. The van der Waals surface area contributed by atoms with Gasteiger partial charge in [-0.3, -0.25) is 81.5 Å². The van der Waals surface area contributed by atoms with Gasteiger partial charge in [-0.1, -0.05) is 70.2 Å². The van der Waals surface area contributed by atoms with Crippen molar-refractivity contribution in [1.82, 2.24) is 84.4 Å². The highest BCUT2D eigenvalue weighted by Gasteiger charge is 2.40. The molecule has 0 aliphatic carbocycles. The standard InChI is InChI=1S/C71H103N17O28/c1-32(2)21-44(61(105)78-43(71(115)116)18-20-53(98)99)79-62(106)45(23-38-13-15-40(94)16-14-38)80-65(109)48(28-89)83-67(111)50(30-91)84-68(112)55(33(3)4)87-64(108)47(25-54(100)101)81-66(110)49(29-90)85-70(114)57(36(7)93)88-63(107)46(22-37-11-9-8-10-12-37)82-69(113)56(35(6)92)86-51(95)27-74-60(104)42(17-19-52(96)97)77-58(102)34(5)76-59(103)41(72)24-39-26-73-31-75-39/h8-16,26,31-36,41-50,55-57,89-94H,17-25,27-30,72H2,1-7H3,(H,73,75)(H,74,104)(H,76,103)(H,77,102)(H,78,105)(H,79,106)(H,80,109)(H,81,110)(H,82,113)(H,83,111)(H,84,112)(H,85,114)(H,86,95)(H,87,108)(H,88,107)(H,96,97)(H,98,99)(H,100,101)(H,115,116)/t34-,35+,36+,41-,42-,43-,44-,45-,46-,47-,48+,49-,50-,55-,56-,57-/m0/s1. The van der Waals surface area contributed by atoms with Crippen molar-refractivity contribution in [3.05, 3.63) is 83.9 Å². The van der Waals surface area contributed by atoms with Crippen LogP contribution in [-0.4, -0.2) is 291 Å². The predicted molar refractivity (Wildman–Crippen MR) is 399 cm³/mol. The number of nitrogens with two attached hydrogens (primary N) is 1. The van der Waals surface area contributed by atoms with Crippen molar-refractivity contribution in [1.29, 1.82) is 0 Å². The first-order valence-electron chi connectivity index (χ1n) is 36.3. The summed E-state index contributed by atoms with van der Waals surface area (Å²) in [6, 6.07) is -12.0. The number of aliphatic carboxylic acids is 4. The minimum Gasteiger partial charge on any atom is -0.508 e. The Labute approximate surface area is 662 Å². The molecule has 0 fully saturated rings. The molecule has 2 aromatic carbocycles. The number of rotatable bonds is 51. The number of benzene rings is 2. The third-order valence-corrected chi connectivity index (χ3v) is 17.2. The molecule has 0 unspecified atom stereocenters. The number of aromatic amines is 1. The van der Waals surface area contributed by atoms with Crippen LogP contribution >= 0.6 is 0 Å². The van der Waals surface area contributed by atoms with Crippen LogP contribution in [-0.2, 0) is 106 Å². The number of aliphatic hydroxyl groups excluding tert-OH is 5. The lowest BCUT2D eigenvalue weighted by molar-refractivity contribution is -0.144. The molecule has 0 bridgehead atoms. The summed E-state index contributed by atoms with van der Waals surface area (Å²) >= 11 is 0. The molecule has 0 saturated heterocycles. The van der Waals surface area contributed by atoms with E-state index in [1.54, 1.807) is 32.0 Å². The average Bonchev–Trinajstić information content (AvgIpc) is 1.34. The monoisotopic (exact) mass is 1640 g/mol. The van der Waals surface area contributed by atoms with Gasteiger partial charge in [0.05, 0.1) is 63.1 Å². The lowest BCUT2D eigenvalue weighted by Gasteiger charge is -2.29. The van der Waals surface area contributed by atoms with Crippen molar-refractivity contribution in [2.24, 2.45) is 17.6 Å². The van der Waals surface area contributed by atoms with Gasteiger partial charge in [0, 0.05) is 38.3 Å². The summed E-state index contributed by atoms with van der Waals surface area (Å²) in [5.41, 5.74) is 7.02. The van der Waals surface area contributed by atoms with Crippen LogP contribution in [0.2, 0.25) is 0 Å². The molecule has 0 radical (unpaired) electrons. The molecule has 45 nitrogen and oxygen atoms in total. The first-order valence-corrected chi connectivity index (χ1v) is 36.3. The minimum atomic E-state index is -2.17. The number of aliphatic hydroxyl groups is 5. The fourth-order valence-corrected chi connectivity index (χ4v) is 10.8. The van der Waals surface area contributed by atoms with E-state index in [-0.39, 0.29) is 24.5 Å². The van der Waals surface area contributed by atoms with Crippen LogP contribution in [0.25, 0.3) is 0 Å². The Balaban J connectivity index is 1.78. The Kier molecular flexibility index (Phi) is 41.1. The highest BCUT2D eigenvalue weighted by Crippen LogP contribution is 2.15. The van der Waals surface area contributed by atoms with E-state index in [0.717, 1.165) is 13.8 Å². The molecule has 27 N–H and O–H groups in total. The summed E-state index contributed by atoms with van der Waals surface area (Å²) in [4.78, 5) is 245. The second-order valence-corrected chi connectivity index (χ2v) is 27.7. The highest BCUT2D eigenvalue weighted by atomic mass is 16.4. The van der Waals surface area contributed by atoms with Crippen molar-refractivity contribution >= 4 is 107 Å². The number of aromatic nitrogens is 2. The Morgan fingerprint density at radius 1 is 0.414 bits per heavy atom. The van der Waals surface area contributed by atoms with Gasteiger partial charge in [0.2, 0.25) is 82.7 Å². The summed E-state index contributed by atoms with van der Waals surface area (Å²) in [6.07, 6.45) is -5.37. The minimum absolute atomic E-state index is 0.0134. The van der Waals surface area contributed by atoms with Crippen LogP contribution in [0.1, 0.15) is 104 Å². The van der Waals surface area contributed by atoms with Crippen molar-refractivity contribution in [3.8, 4) is 5.75 Å². The number of phenols is 1. The van der Waals surface area contributed by atoms with E-state index in [1.807, 2.05) is 10.6 Å². The van der Waals surface area contributed by atoms with E-state index in [4.69, 9.17) is 10.8 Å². The number of carbonyl (C=O) groups excluding carboxylic acids is 14. The summed E-state index contributed by atoms with van der Waals surface area (Å²) in [5.74, 6) is -24.5. The fourth-order valence-electron chi connectivity index (χ4n) is 10.8. The van der Waals surface area contributed by atoms with Crippen molar-refractivity contribution in [2.45, 2.75) is 203 Å². The Hall–Kier alpha value is -12.3. The number of carboxylic acid groups (broad SMARTS) is 4. The first kappa shape index (κ1) is 97.9. The molecule has 1 aromatic heterocycles. The molecule has 0 aliphatic heterocycles. The van der Waals surface area contributed by atoms with Crippen molar-refractivity contribution in [3.63, 3.8) is 0 Å². The molecule has 640 valence electrons. The van der Waals surface area contributed by atoms with Crippen LogP contribution < -0.4 is 80.2 Å². The van der Waals surface area contributed by atoms with Gasteiger partial charge in [-0.15, -0.1) is 0 Å². The maximum absolute atomic E-state index is 14.2. The lowest BCUT2D eigenvalue weighted by atomic mass is 10.00. The molecule has 16 atom stereocenters. The summed E-state index contributed by atoms with van der Waals surface area (Å²) in [6.45, 7) is 4.50. The van der Waals surface area contributed by atoms with Gasteiger partial charge in [0.15, 0.2) is 0 Å². The number of aromatic hydroxyl groups is 1. The molecule has 116 heavy (non-hydrogen) atoms. The maximum Gasteiger partial charge on any atom is 0.326 e. The number of amides is 14. The lowest BCUT2D eigenvalue weighted by Crippen LogP contribution is -2.63. The molecule has 14 amide bonds. The summed E-state index contributed by atoms with van der Waals surface area (Å²) < 4.78 is 0. The van der Waals surface area contributed by atoms with Gasteiger partial charge in [0.1, 0.15) is 84.3 Å². The van der Waals surface area contributed by atoms with Gasteiger partial charge in [-0.2, -0.15) is 0 Å². The van der Waals surface area contributed by atoms with Crippen LogP contribution in [0.5, 0.6) is 5.75 Å². The third-order valence-electron chi connectivity index (χ3n) is 17.2. The van der Waals surface area contributed by atoms with E-state index in [0.29, 0.717) is 16.8 Å². The zero-order chi connectivity index (χ0) is 87.4. The number of H-pyrrole nitrogens is 1. The number of carboxylic acids is 4. The van der Waals surface area contributed by atoms with E-state index in [2.05, 4.69) is 73.8 Å². The van der Waals surface area contributed by atoms with Crippen molar-refractivity contribution < 1.29 is 137 Å². The molecule has 3 aromatic rings. The number of phenolic OH excluding ortho intramolecular Hbond substituents is 1. The smallest absolute Gasteiger partial charge is 0.326 e. The van der Waals surface area contributed by atoms with Gasteiger partial charge in [0.25, 0.3) is 0 Å². The van der Waals surface area contributed by atoms with Crippen LogP contribution in [0.15, 0.2) is 67.1 Å². The summed E-state index contributed by atoms with van der Waals surface area (Å²) in [7, 11) is 0. The predicted octanol–water partition coefficient (Wildman–Crippen LogP) is -9.36. The SMILES string of the molecule is CC(C)C[C@H](NC(=O)[C@H](Cc1ccc(O)cc1)NC(=O)[C@@H](CO)NC(=O)[C@H](CO)NC(=O)[C@@H](NC(=O)[C@H](CC(=O)O)NC(=O)[C@H](CO)NC(=O)[C@@H](NC(=O)[C@H](Cc1ccccc1)NC(=O)[C@@H](NC(=O)CNC(=O)[C@H](CCC(=O)O)NC(=O)[C@H](C)NC(=O)[C@@H](N)Cc1c[nH]cn1)[C@@H](C)O)[C@@H](C)O)C(C)C)C(=O)N[C@@H](CCC(=O)O)C(=O)O. The Morgan fingerprint density at radius 3 is 1.28 bits per heavy atom. The molecule has 1 heterocycles. The quantitative estimate of drug-likeness (QED) is 0.0250. The second kappa shape index (κ2) is 48.7. The van der Waals surface area contributed by atoms with E-state index in [9.17, 15) is 132 Å². The number of carbonyl (C=O) groups is 18. The fraction of sp³-hybridized carbons (Fsp3) is 0.535. The van der Waals surface area contributed by atoms with E-state index in [1.165, 1.54) is 69.7 Å². The van der Waals surface area contributed by atoms with Gasteiger partial charge >= 0.3 is 23.9 Å². The largest absolute Gasteiger partial charge is 0.508 e. The van der Waals surface area contributed by atoms with Gasteiger partial charge < -0.3 is 136 Å².